The van der Waals surface area contributed by atoms with E-state index in [1.165, 1.54) is 0 Å². The number of ketones is 1. The van der Waals surface area contributed by atoms with Crippen molar-refractivity contribution < 1.29 is 19.1 Å². The summed E-state index contributed by atoms with van der Waals surface area (Å²) in [6, 6.07) is 3.72. The molecule has 0 aliphatic carbocycles. The van der Waals surface area contributed by atoms with Gasteiger partial charge in [-0.3, -0.25) is 9.59 Å². The molecule has 2 heterocycles. The van der Waals surface area contributed by atoms with Crippen molar-refractivity contribution in [1.82, 2.24) is 5.32 Å². The number of hydrogen-bond donors (Lipinski definition) is 1. The van der Waals surface area contributed by atoms with E-state index in [1.54, 1.807) is 13.2 Å². The van der Waals surface area contributed by atoms with Crippen LogP contribution in [0.2, 0.25) is 0 Å². The summed E-state index contributed by atoms with van der Waals surface area (Å²) in [7, 11) is 1.56. The van der Waals surface area contributed by atoms with Crippen LogP contribution in [-0.2, 0) is 16.0 Å². The fraction of sp³-hybridized carbons (Fsp3) is 0.500. The van der Waals surface area contributed by atoms with Gasteiger partial charge in [-0.05, 0) is 50.8 Å². The van der Waals surface area contributed by atoms with E-state index in [1.807, 2.05) is 12.1 Å². The van der Waals surface area contributed by atoms with Crippen LogP contribution >= 0.6 is 0 Å². The van der Waals surface area contributed by atoms with Crippen molar-refractivity contribution >= 4 is 17.8 Å². The van der Waals surface area contributed by atoms with Gasteiger partial charge in [-0.2, -0.15) is 0 Å². The molecule has 0 saturated carbocycles. The molecule has 2 aliphatic rings. The molecule has 5 nitrogen and oxygen atoms in total. The average Bonchev–Trinajstić information content (AvgIpc) is 2.60. The highest BCUT2D eigenvalue weighted by Gasteiger charge is 2.30. The first-order valence-electron chi connectivity index (χ1n) is 8.71. The second kappa shape index (κ2) is 7.00. The molecule has 0 spiro atoms. The summed E-state index contributed by atoms with van der Waals surface area (Å²) >= 11 is 0. The monoisotopic (exact) mass is 343 g/mol. The highest BCUT2D eigenvalue weighted by Crippen LogP contribution is 2.34. The van der Waals surface area contributed by atoms with E-state index >= 15 is 0 Å². The molecule has 0 radical (unpaired) electrons. The number of carbonyl (C=O) groups excluding carboxylic acids is 2. The molecular weight excluding hydrogens is 318 g/mol. The number of carbonyl (C=O) groups is 2. The Balaban J connectivity index is 2.01. The van der Waals surface area contributed by atoms with Gasteiger partial charge >= 0.3 is 0 Å². The van der Waals surface area contributed by atoms with E-state index in [0.29, 0.717) is 24.5 Å². The molecule has 1 aromatic carbocycles. The Morgan fingerprint density at radius 1 is 1.32 bits per heavy atom. The van der Waals surface area contributed by atoms with Crippen LogP contribution < -0.4 is 10.1 Å². The molecule has 134 valence electrons. The second-order valence-electron chi connectivity index (χ2n) is 7.40. The van der Waals surface area contributed by atoms with E-state index in [4.69, 9.17) is 9.47 Å². The highest BCUT2D eigenvalue weighted by atomic mass is 16.5. The molecular formula is C20H25NO4. The van der Waals surface area contributed by atoms with Crippen LogP contribution in [0.15, 0.2) is 18.2 Å². The number of nitrogens with one attached hydrogen (secondary N) is 1. The lowest BCUT2D eigenvalue weighted by atomic mass is 9.84. The van der Waals surface area contributed by atoms with Gasteiger partial charge in [0.1, 0.15) is 5.75 Å². The van der Waals surface area contributed by atoms with Crippen molar-refractivity contribution in [3.05, 3.63) is 34.9 Å². The van der Waals surface area contributed by atoms with Crippen molar-refractivity contribution in [2.45, 2.75) is 38.6 Å². The van der Waals surface area contributed by atoms with Crippen molar-refractivity contribution in [1.29, 1.82) is 0 Å². The highest BCUT2D eigenvalue weighted by molar-refractivity contribution is 5.99. The van der Waals surface area contributed by atoms with Gasteiger partial charge in [0.25, 0.3) is 0 Å². The quantitative estimate of drug-likeness (QED) is 0.673. The Bertz CT molecular complexity index is 715. The third-order valence-electron chi connectivity index (χ3n) is 4.89. The zero-order valence-corrected chi connectivity index (χ0v) is 15.1. The third kappa shape index (κ3) is 3.76. The molecule has 2 aliphatic heterocycles. The first-order chi connectivity index (χ1) is 11.9. The summed E-state index contributed by atoms with van der Waals surface area (Å²) < 4.78 is 10.7. The minimum absolute atomic E-state index is 0.0142. The topological polar surface area (TPSA) is 64.6 Å². The van der Waals surface area contributed by atoms with Gasteiger partial charge in [-0.15, -0.1) is 0 Å². The van der Waals surface area contributed by atoms with Crippen LogP contribution in [0.1, 0.15) is 48.2 Å². The molecule has 1 aromatic rings. The largest absolute Gasteiger partial charge is 0.496 e. The smallest absolute Gasteiger partial charge is 0.161 e. The van der Waals surface area contributed by atoms with Crippen molar-refractivity contribution in [3.8, 4) is 5.75 Å². The number of allylic oxidation sites excluding steroid dienone is 1. The minimum atomic E-state index is -0.178. The summed E-state index contributed by atoms with van der Waals surface area (Å²) in [5, 5.41) is 3.46. The van der Waals surface area contributed by atoms with Crippen LogP contribution in [0.5, 0.6) is 5.75 Å². The van der Waals surface area contributed by atoms with E-state index in [-0.39, 0.29) is 17.2 Å². The number of rotatable bonds is 4. The van der Waals surface area contributed by atoms with Gasteiger partial charge in [0.15, 0.2) is 12.1 Å². The normalized spacial score (nSPS) is 21.3. The zero-order chi connectivity index (χ0) is 18.0. The number of benzene rings is 1. The van der Waals surface area contributed by atoms with Crippen LogP contribution in [0.25, 0.3) is 5.70 Å². The predicted octanol–water partition coefficient (Wildman–Crippen LogP) is 2.77. The van der Waals surface area contributed by atoms with E-state index in [0.717, 1.165) is 42.4 Å². The van der Waals surface area contributed by atoms with Crippen LogP contribution in [0.4, 0.5) is 0 Å². The molecule has 0 unspecified atom stereocenters. The van der Waals surface area contributed by atoms with E-state index < -0.39 is 0 Å². The Morgan fingerprint density at radius 3 is 2.68 bits per heavy atom. The average molecular weight is 343 g/mol. The summed E-state index contributed by atoms with van der Waals surface area (Å²) in [6.07, 6.45) is 4.82. The standard InChI is InChI=1S/C20H25NO4/c1-20(2)11-14-9-19(24-3)15(12-22)8-16(14)17(21-20)10-18(23)13-4-6-25-7-5-13/h8-10,12-13,21H,4-7,11H2,1-3H3/b17-10-. The zero-order valence-electron chi connectivity index (χ0n) is 15.1. The molecule has 0 atom stereocenters. The summed E-state index contributed by atoms with van der Waals surface area (Å²) in [6.45, 7) is 5.48. The molecule has 1 fully saturated rings. The molecule has 1 saturated heterocycles. The third-order valence-corrected chi connectivity index (χ3v) is 4.89. The molecule has 0 bridgehead atoms. The SMILES string of the molecule is COc1cc2c(cc1C=O)/C(=C/C(=O)C1CCOCC1)NC(C)(C)C2. The van der Waals surface area contributed by atoms with Gasteiger partial charge in [0, 0.05) is 42.0 Å². The summed E-state index contributed by atoms with van der Waals surface area (Å²) in [4.78, 5) is 24.1. The van der Waals surface area contributed by atoms with Gasteiger partial charge in [0.2, 0.25) is 0 Å². The van der Waals surface area contributed by atoms with Crippen molar-refractivity contribution in [2.24, 2.45) is 5.92 Å². The summed E-state index contributed by atoms with van der Waals surface area (Å²) in [5.41, 5.74) is 3.09. The molecule has 0 aromatic heterocycles. The van der Waals surface area contributed by atoms with Gasteiger partial charge in [-0.25, -0.2) is 0 Å². The Hall–Kier alpha value is -2.14. The van der Waals surface area contributed by atoms with Gasteiger partial charge < -0.3 is 14.8 Å². The second-order valence-corrected chi connectivity index (χ2v) is 7.40. The lowest BCUT2D eigenvalue weighted by molar-refractivity contribution is -0.120. The Labute approximate surface area is 148 Å². The van der Waals surface area contributed by atoms with Crippen LogP contribution in [0.3, 0.4) is 0 Å². The van der Waals surface area contributed by atoms with Crippen molar-refractivity contribution in [2.75, 3.05) is 20.3 Å². The first kappa shape index (κ1) is 17.7. The summed E-state index contributed by atoms with van der Waals surface area (Å²) in [5.74, 6) is 0.708. The maximum absolute atomic E-state index is 12.7. The van der Waals surface area contributed by atoms with Crippen molar-refractivity contribution in [3.63, 3.8) is 0 Å². The molecule has 5 heteroatoms. The number of aldehydes is 1. The van der Waals surface area contributed by atoms with E-state index in [2.05, 4.69) is 19.2 Å². The van der Waals surface area contributed by atoms with E-state index in [9.17, 15) is 9.59 Å². The number of hydrogen-bond acceptors (Lipinski definition) is 5. The lowest BCUT2D eigenvalue weighted by Crippen LogP contribution is -2.44. The molecule has 0 amide bonds. The molecule has 1 N–H and O–H groups in total. The Morgan fingerprint density at radius 2 is 2.04 bits per heavy atom. The molecule has 25 heavy (non-hydrogen) atoms. The fourth-order valence-electron chi connectivity index (χ4n) is 3.61. The molecule has 3 rings (SSSR count). The lowest BCUT2D eigenvalue weighted by Gasteiger charge is -2.36. The predicted molar refractivity (Wildman–Crippen MR) is 95.8 cm³/mol. The maximum atomic E-state index is 12.7. The number of fused-ring (bicyclic) bond motifs is 1. The van der Waals surface area contributed by atoms with Gasteiger partial charge in [0.05, 0.1) is 12.7 Å². The maximum Gasteiger partial charge on any atom is 0.161 e. The fourth-order valence-corrected chi connectivity index (χ4v) is 3.61. The van der Waals surface area contributed by atoms with Crippen LogP contribution in [-0.4, -0.2) is 37.9 Å². The number of methoxy groups -OCH3 is 1. The minimum Gasteiger partial charge on any atom is -0.496 e. The van der Waals surface area contributed by atoms with Crippen LogP contribution in [0, 0.1) is 5.92 Å². The Kier molecular flexibility index (Phi) is 4.95. The van der Waals surface area contributed by atoms with Gasteiger partial charge in [-0.1, -0.05) is 0 Å². The first-order valence-corrected chi connectivity index (χ1v) is 8.71. The number of ether oxygens (including phenoxy) is 2.